The van der Waals surface area contributed by atoms with Crippen molar-refractivity contribution in [3.8, 4) is 5.75 Å². The summed E-state index contributed by atoms with van der Waals surface area (Å²) in [4.78, 5) is 11.9. The Hall–Kier alpha value is -1.59. The number of benzene rings is 2. The van der Waals surface area contributed by atoms with Gasteiger partial charge in [0, 0.05) is 17.3 Å². The molecule has 1 amide bonds. The topological polar surface area (TPSA) is 49.3 Å². The van der Waals surface area contributed by atoms with Gasteiger partial charge in [-0.3, -0.25) is 4.79 Å². The van der Waals surface area contributed by atoms with Crippen molar-refractivity contribution in [3.05, 3.63) is 57.3 Å². The first-order valence-corrected chi connectivity index (χ1v) is 6.39. The Balaban J connectivity index is 2.20. The van der Waals surface area contributed by atoms with E-state index in [4.69, 9.17) is 11.6 Å². The van der Waals surface area contributed by atoms with Crippen molar-refractivity contribution in [1.82, 2.24) is 0 Å². The lowest BCUT2D eigenvalue weighted by atomic mass is 10.2. The first-order chi connectivity index (χ1) is 8.97. The zero-order chi connectivity index (χ0) is 14.0. The molecule has 98 valence electrons. The predicted octanol–water partition coefficient (Wildman–Crippen LogP) is 4.20. The zero-order valence-electron chi connectivity index (χ0n) is 9.45. The van der Waals surface area contributed by atoms with Gasteiger partial charge in [-0.1, -0.05) is 11.6 Å². The lowest BCUT2D eigenvalue weighted by Crippen LogP contribution is -2.12. The Bertz CT molecular complexity index is 649. The second-order valence-electron chi connectivity index (χ2n) is 3.75. The van der Waals surface area contributed by atoms with Crippen LogP contribution in [-0.2, 0) is 0 Å². The number of carbonyl (C=O) groups is 1. The normalized spacial score (nSPS) is 10.3. The van der Waals surface area contributed by atoms with Gasteiger partial charge in [0.05, 0.1) is 9.50 Å². The Morgan fingerprint density at radius 3 is 2.63 bits per heavy atom. The summed E-state index contributed by atoms with van der Waals surface area (Å²) in [7, 11) is 0. The molecule has 0 bridgehead atoms. The molecule has 2 aromatic carbocycles. The minimum Gasteiger partial charge on any atom is -0.506 e. The molecule has 2 aromatic rings. The molecule has 0 aromatic heterocycles. The predicted molar refractivity (Wildman–Crippen MR) is 75.2 cm³/mol. The second kappa shape index (κ2) is 5.59. The van der Waals surface area contributed by atoms with Gasteiger partial charge >= 0.3 is 0 Å². The molecule has 2 N–H and O–H groups in total. The maximum atomic E-state index is 13.3. The van der Waals surface area contributed by atoms with Crippen LogP contribution in [-0.4, -0.2) is 11.0 Å². The third kappa shape index (κ3) is 3.24. The van der Waals surface area contributed by atoms with Crippen molar-refractivity contribution >= 4 is 39.1 Å². The van der Waals surface area contributed by atoms with E-state index in [0.717, 1.165) is 6.07 Å². The average Bonchev–Trinajstić information content (AvgIpc) is 2.37. The van der Waals surface area contributed by atoms with E-state index in [-0.39, 0.29) is 20.8 Å². The summed E-state index contributed by atoms with van der Waals surface area (Å²) in [6.07, 6.45) is 0. The van der Waals surface area contributed by atoms with Gasteiger partial charge in [0.15, 0.2) is 0 Å². The summed E-state index contributed by atoms with van der Waals surface area (Å²) < 4.78 is 13.6. The van der Waals surface area contributed by atoms with E-state index in [9.17, 15) is 14.3 Å². The van der Waals surface area contributed by atoms with Crippen LogP contribution < -0.4 is 5.32 Å². The number of phenolic OH excluding ortho intramolecular Hbond substituents is 1. The third-order valence-corrected chi connectivity index (χ3v) is 3.35. The number of hydrogen-bond acceptors (Lipinski definition) is 2. The van der Waals surface area contributed by atoms with Crippen molar-refractivity contribution in [2.75, 3.05) is 5.32 Å². The van der Waals surface area contributed by atoms with Crippen molar-refractivity contribution in [1.29, 1.82) is 0 Å². The molecule has 0 fully saturated rings. The van der Waals surface area contributed by atoms with Gasteiger partial charge in [-0.25, -0.2) is 4.39 Å². The number of halogens is 3. The highest BCUT2D eigenvalue weighted by Crippen LogP contribution is 2.26. The van der Waals surface area contributed by atoms with E-state index in [2.05, 4.69) is 21.2 Å². The van der Waals surface area contributed by atoms with E-state index in [1.807, 2.05) is 0 Å². The monoisotopic (exact) mass is 343 g/mol. The van der Waals surface area contributed by atoms with Crippen molar-refractivity contribution in [2.45, 2.75) is 0 Å². The van der Waals surface area contributed by atoms with Gasteiger partial charge in [0.2, 0.25) is 0 Å². The fraction of sp³-hybridized carbons (Fsp3) is 0. The number of carbonyl (C=O) groups excluding carboxylic acids is 1. The molecule has 0 atom stereocenters. The minimum absolute atomic E-state index is 0.138. The maximum absolute atomic E-state index is 13.3. The fourth-order valence-electron chi connectivity index (χ4n) is 1.43. The van der Waals surface area contributed by atoms with Gasteiger partial charge in [-0.05, 0) is 46.3 Å². The number of rotatable bonds is 2. The smallest absolute Gasteiger partial charge is 0.255 e. The summed E-state index contributed by atoms with van der Waals surface area (Å²) in [6.45, 7) is 0. The molecule has 6 heteroatoms. The van der Waals surface area contributed by atoms with E-state index < -0.39 is 11.7 Å². The van der Waals surface area contributed by atoms with Crippen LogP contribution in [0.25, 0.3) is 0 Å². The van der Waals surface area contributed by atoms with Crippen LogP contribution in [0.15, 0.2) is 40.9 Å². The van der Waals surface area contributed by atoms with E-state index in [1.54, 1.807) is 0 Å². The molecule has 0 aliphatic heterocycles. The van der Waals surface area contributed by atoms with Gasteiger partial charge in [0.1, 0.15) is 11.6 Å². The molecule has 2 rings (SSSR count). The van der Waals surface area contributed by atoms with Crippen LogP contribution in [0.5, 0.6) is 5.75 Å². The van der Waals surface area contributed by atoms with E-state index in [0.29, 0.717) is 5.69 Å². The van der Waals surface area contributed by atoms with Crippen LogP contribution in [0.2, 0.25) is 5.02 Å². The van der Waals surface area contributed by atoms with Crippen molar-refractivity contribution in [3.63, 3.8) is 0 Å². The number of hydrogen-bond donors (Lipinski definition) is 2. The molecule has 0 spiro atoms. The van der Waals surface area contributed by atoms with Gasteiger partial charge in [-0.15, -0.1) is 0 Å². The molecule has 0 aliphatic rings. The van der Waals surface area contributed by atoms with Crippen molar-refractivity contribution in [2.24, 2.45) is 0 Å². The fourth-order valence-corrected chi connectivity index (χ4v) is 1.80. The molecule has 0 aliphatic carbocycles. The lowest BCUT2D eigenvalue weighted by molar-refractivity contribution is 0.102. The highest BCUT2D eigenvalue weighted by atomic mass is 79.9. The Morgan fingerprint density at radius 1 is 1.26 bits per heavy atom. The maximum Gasteiger partial charge on any atom is 0.255 e. The highest BCUT2D eigenvalue weighted by Gasteiger charge is 2.10. The largest absolute Gasteiger partial charge is 0.506 e. The number of phenols is 1. The number of amides is 1. The summed E-state index contributed by atoms with van der Waals surface area (Å²) in [5.41, 5.74) is 0.547. The molecule has 0 unspecified atom stereocenters. The standard InChI is InChI=1S/C13H8BrClFNO2/c14-9-3-1-7(5-11(9)16)13(19)17-8-2-4-10(15)12(18)6-8/h1-6,18H,(H,17,19). The van der Waals surface area contributed by atoms with Crippen LogP contribution >= 0.6 is 27.5 Å². The second-order valence-corrected chi connectivity index (χ2v) is 5.01. The Labute approximate surface area is 122 Å². The molecule has 0 saturated heterocycles. The average molecular weight is 345 g/mol. The first kappa shape index (κ1) is 13.8. The molecule has 3 nitrogen and oxygen atoms in total. The first-order valence-electron chi connectivity index (χ1n) is 5.22. The molecule has 0 saturated carbocycles. The molecular weight excluding hydrogens is 337 g/mol. The Kier molecular flexibility index (Phi) is 4.07. The molecule has 19 heavy (non-hydrogen) atoms. The summed E-state index contributed by atoms with van der Waals surface area (Å²) in [5.74, 6) is -1.14. The van der Waals surface area contributed by atoms with Crippen LogP contribution in [0.1, 0.15) is 10.4 Å². The van der Waals surface area contributed by atoms with Crippen LogP contribution in [0, 0.1) is 5.82 Å². The summed E-state index contributed by atoms with van der Waals surface area (Å²) in [5, 5.41) is 12.1. The Morgan fingerprint density at radius 2 is 2.00 bits per heavy atom. The zero-order valence-corrected chi connectivity index (χ0v) is 11.8. The van der Waals surface area contributed by atoms with Crippen LogP contribution in [0.4, 0.5) is 10.1 Å². The van der Waals surface area contributed by atoms with E-state index >= 15 is 0 Å². The summed E-state index contributed by atoms with van der Waals surface area (Å²) in [6, 6.07) is 8.36. The highest BCUT2D eigenvalue weighted by molar-refractivity contribution is 9.10. The van der Waals surface area contributed by atoms with Crippen molar-refractivity contribution < 1.29 is 14.3 Å². The van der Waals surface area contributed by atoms with Gasteiger partial charge in [-0.2, -0.15) is 0 Å². The quantitative estimate of drug-likeness (QED) is 0.858. The molecule has 0 heterocycles. The molecule has 0 radical (unpaired) electrons. The van der Waals surface area contributed by atoms with Gasteiger partial charge < -0.3 is 10.4 Å². The third-order valence-electron chi connectivity index (χ3n) is 2.39. The lowest BCUT2D eigenvalue weighted by Gasteiger charge is -2.07. The van der Waals surface area contributed by atoms with Gasteiger partial charge in [0.25, 0.3) is 5.91 Å². The summed E-state index contributed by atoms with van der Waals surface area (Å²) >= 11 is 8.66. The SMILES string of the molecule is O=C(Nc1ccc(Cl)c(O)c1)c1ccc(Br)c(F)c1. The molecular formula is C13H8BrClFNO2. The van der Waals surface area contributed by atoms with E-state index in [1.165, 1.54) is 30.3 Å². The number of nitrogens with one attached hydrogen (secondary N) is 1. The number of anilines is 1. The number of aromatic hydroxyl groups is 1. The minimum atomic E-state index is -0.522. The van der Waals surface area contributed by atoms with Crippen LogP contribution in [0.3, 0.4) is 0 Å².